The molecule has 0 radical (unpaired) electrons. The molecule has 1 saturated carbocycles. The summed E-state index contributed by atoms with van der Waals surface area (Å²) in [5, 5.41) is 15.1. The predicted octanol–water partition coefficient (Wildman–Crippen LogP) is 2.81. The summed E-state index contributed by atoms with van der Waals surface area (Å²) < 4.78 is 0. The smallest absolute Gasteiger partial charge is 0.0587 e. The van der Waals surface area contributed by atoms with Crippen LogP contribution < -0.4 is 5.32 Å². The molecule has 2 unspecified atom stereocenters. The molecule has 90 valence electrons. The Hall–Kier alpha value is -0.380. The number of aliphatic hydroxyl groups excluding tert-OH is 1. The first-order valence-electron chi connectivity index (χ1n) is 6.12. The second-order valence-corrected chi connectivity index (χ2v) is 6.01. The average Bonchev–Trinajstić information content (AvgIpc) is 2.94. The molecule has 16 heavy (non-hydrogen) atoms. The van der Waals surface area contributed by atoms with E-state index in [0.29, 0.717) is 12.0 Å². The molecule has 2 atom stereocenters. The minimum atomic E-state index is 0.215. The van der Waals surface area contributed by atoms with Crippen molar-refractivity contribution < 1.29 is 5.11 Å². The van der Waals surface area contributed by atoms with Gasteiger partial charge in [-0.2, -0.15) is 0 Å². The maximum atomic E-state index is 9.39. The molecule has 0 aliphatic heterocycles. The number of aliphatic hydroxyl groups is 1. The van der Waals surface area contributed by atoms with Crippen LogP contribution in [0.2, 0.25) is 0 Å². The topological polar surface area (TPSA) is 32.3 Å². The highest BCUT2D eigenvalue weighted by Gasteiger charge is 2.34. The van der Waals surface area contributed by atoms with E-state index in [4.69, 9.17) is 0 Å². The summed E-state index contributed by atoms with van der Waals surface area (Å²) in [5.74, 6) is 1.26. The molecule has 2 rings (SSSR count). The van der Waals surface area contributed by atoms with Gasteiger partial charge in [-0.1, -0.05) is 19.9 Å². The van der Waals surface area contributed by atoms with Gasteiger partial charge in [0.25, 0.3) is 0 Å². The van der Waals surface area contributed by atoms with Crippen molar-refractivity contribution in [1.82, 2.24) is 5.32 Å². The molecular formula is C13H21NOS. The minimum Gasteiger partial charge on any atom is -0.395 e. The zero-order valence-electron chi connectivity index (χ0n) is 10.0. The summed E-state index contributed by atoms with van der Waals surface area (Å²) in [4.78, 5) is 1.42. The third kappa shape index (κ3) is 2.84. The van der Waals surface area contributed by atoms with Crippen molar-refractivity contribution >= 4 is 11.3 Å². The molecule has 0 spiro atoms. The van der Waals surface area contributed by atoms with Crippen LogP contribution in [0.1, 0.15) is 37.6 Å². The van der Waals surface area contributed by atoms with Crippen LogP contribution in [0.25, 0.3) is 0 Å². The molecule has 0 amide bonds. The van der Waals surface area contributed by atoms with Crippen LogP contribution in [0.3, 0.4) is 0 Å². The Morgan fingerprint density at radius 2 is 2.25 bits per heavy atom. The summed E-state index contributed by atoms with van der Waals surface area (Å²) in [7, 11) is 0. The summed E-state index contributed by atoms with van der Waals surface area (Å²) in [5.41, 5.74) is 0. The van der Waals surface area contributed by atoms with Crippen LogP contribution >= 0.6 is 11.3 Å². The Bertz CT molecular complexity index is 306. The van der Waals surface area contributed by atoms with Gasteiger partial charge in [-0.15, -0.1) is 11.3 Å². The Balaban J connectivity index is 2.03. The van der Waals surface area contributed by atoms with E-state index in [1.54, 1.807) is 0 Å². The lowest BCUT2D eigenvalue weighted by Gasteiger charge is -2.26. The summed E-state index contributed by atoms with van der Waals surface area (Å²) >= 11 is 1.82. The van der Waals surface area contributed by atoms with Crippen LogP contribution in [0.4, 0.5) is 0 Å². The highest BCUT2D eigenvalue weighted by molar-refractivity contribution is 7.10. The van der Waals surface area contributed by atoms with Gasteiger partial charge in [-0.25, -0.2) is 0 Å². The lowest BCUT2D eigenvalue weighted by atomic mass is 10.0. The molecule has 0 saturated heterocycles. The molecule has 0 aromatic carbocycles. The predicted molar refractivity (Wildman–Crippen MR) is 68.6 cm³/mol. The van der Waals surface area contributed by atoms with Crippen LogP contribution in [0, 0.1) is 11.8 Å². The standard InChI is InChI=1S/C13H21NOS/c1-9(2)11(8-15)14-13(10-5-6-10)12-4-3-7-16-12/h3-4,7,9-11,13-15H,5-6,8H2,1-2H3. The maximum absolute atomic E-state index is 9.39. The minimum absolute atomic E-state index is 0.215. The maximum Gasteiger partial charge on any atom is 0.0587 e. The van der Waals surface area contributed by atoms with Crippen LogP contribution in [-0.4, -0.2) is 17.8 Å². The zero-order valence-corrected chi connectivity index (χ0v) is 10.8. The number of nitrogens with one attached hydrogen (secondary N) is 1. The van der Waals surface area contributed by atoms with Gasteiger partial charge < -0.3 is 10.4 Å². The summed E-state index contributed by atoms with van der Waals surface area (Å²) in [6.07, 6.45) is 2.65. The van der Waals surface area contributed by atoms with Gasteiger partial charge in [0.2, 0.25) is 0 Å². The van der Waals surface area contributed by atoms with Gasteiger partial charge in [0.1, 0.15) is 0 Å². The Morgan fingerprint density at radius 1 is 1.50 bits per heavy atom. The van der Waals surface area contributed by atoms with Crippen molar-refractivity contribution in [2.45, 2.75) is 38.8 Å². The van der Waals surface area contributed by atoms with Gasteiger partial charge in [0.05, 0.1) is 6.61 Å². The summed E-state index contributed by atoms with van der Waals surface area (Å²) in [6.45, 7) is 4.55. The molecule has 1 fully saturated rings. The lowest BCUT2D eigenvalue weighted by molar-refractivity contribution is 0.195. The Labute approximate surface area is 102 Å². The lowest BCUT2D eigenvalue weighted by Crippen LogP contribution is -2.40. The van der Waals surface area contributed by atoms with E-state index in [-0.39, 0.29) is 12.6 Å². The zero-order chi connectivity index (χ0) is 11.5. The van der Waals surface area contributed by atoms with Gasteiger partial charge >= 0.3 is 0 Å². The fraction of sp³-hybridized carbons (Fsp3) is 0.692. The van der Waals surface area contributed by atoms with E-state index in [9.17, 15) is 5.11 Å². The molecule has 2 N–H and O–H groups in total. The first-order valence-corrected chi connectivity index (χ1v) is 7.00. The van der Waals surface area contributed by atoms with Gasteiger partial charge in [-0.05, 0) is 36.1 Å². The van der Waals surface area contributed by atoms with Crippen LogP contribution in [-0.2, 0) is 0 Å². The first-order chi connectivity index (χ1) is 7.72. The second-order valence-electron chi connectivity index (χ2n) is 5.03. The summed E-state index contributed by atoms with van der Waals surface area (Å²) in [6, 6.07) is 4.99. The van der Waals surface area contributed by atoms with Crippen molar-refractivity contribution in [1.29, 1.82) is 0 Å². The average molecular weight is 239 g/mol. The largest absolute Gasteiger partial charge is 0.395 e. The number of rotatable bonds is 6. The fourth-order valence-corrected chi connectivity index (χ4v) is 2.91. The molecule has 0 bridgehead atoms. The monoisotopic (exact) mass is 239 g/mol. The highest BCUT2D eigenvalue weighted by atomic mass is 32.1. The van der Waals surface area contributed by atoms with E-state index in [2.05, 4.69) is 36.7 Å². The van der Waals surface area contributed by atoms with E-state index in [1.807, 2.05) is 11.3 Å². The van der Waals surface area contributed by atoms with Crippen molar-refractivity contribution in [2.24, 2.45) is 11.8 Å². The number of thiophene rings is 1. The number of hydrogen-bond donors (Lipinski definition) is 2. The molecule has 1 heterocycles. The van der Waals surface area contributed by atoms with Crippen LogP contribution in [0.15, 0.2) is 17.5 Å². The SMILES string of the molecule is CC(C)C(CO)NC(c1cccs1)C1CC1. The van der Waals surface area contributed by atoms with Gasteiger partial charge in [-0.3, -0.25) is 0 Å². The molecule has 2 nitrogen and oxygen atoms in total. The van der Waals surface area contributed by atoms with Crippen LogP contribution in [0.5, 0.6) is 0 Å². The van der Waals surface area contributed by atoms with Crippen molar-refractivity contribution in [3.05, 3.63) is 22.4 Å². The van der Waals surface area contributed by atoms with Gasteiger partial charge in [0.15, 0.2) is 0 Å². The van der Waals surface area contributed by atoms with Crippen molar-refractivity contribution in [2.75, 3.05) is 6.61 Å². The van der Waals surface area contributed by atoms with E-state index in [1.165, 1.54) is 17.7 Å². The van der Waals surface area contributed by atoms with E-state index < -0.39 is 0 Å². The van der Waals surface area contributed by atoms with Gasteiger partial charge in [0, 0.05) is 17.0 Å². The first kappa shape index (κ1) is 12.1. The van der Waals surface area contributed by atoms with E-state index >= 15 is 0 Å². The molecule has 3 heteroatoms. The quantitative estimate of drug-likeness (QED) is 0.800. The second kappa shape index (κ2) is 5.30. The Morgan fingerprint density at radius 3 is 2.69 bits per heavy atom. The molecule has 1 aromatic heterocycles. The normalized spacial score (nSPS) is 20.0. The Kier molecular flexibility index (Phi) is 4.00. The molecule has 1 aliphatic carbocycles. The van der Waals surface area contributed by atoms with Crippen molar-refractivity contribution in [3.63, 3.8) is 0 Å². The highest BCUT2D eigenvalue weighted by Crippen LogP contribution is 2.42. The number of hydrogen-bond acceptors (Lipinski definition) is 3. The van der Waals surface area contributed by atoms with E-state index in [0.717, 1.165) is 5.92 Å². The third-order valence-corrected chi connectivity index (χ3v) is 4.29. The third-order valence-electron chi connectivity index (χ3n) is 3.34. The molecular weight excluding hydrogens is 218 g/mol. The molecule has 1 aromatic rings. The fourth-order valence-electron chi connectivity index (χ4n) is 2.03. The molecule has 1 aliphatic rings. The van der Waals surface area contributed by atoms with Crippen molar-refractivity contribution in [3.8, 4) is 0 Å².